The average Bonchev–Trinajstić information content (AvgIpc) is 2.52. The van der Waals surface area contributed by atoms with Crippen LogP contribution in [0.5, 0.6) is 11.5 Å². The van der Waals surface area contributed by atoms with E-state index in [0.29, 0.717) is 23.7 Å². The van der Waals surface area contributed by atoms with Crippen molar-refractivity contribution in [1.82, 2.24) is 0 Å². The van der Waals surface area contributed by atoms with E-state index in [0.717, 1.165) is 11.1 Å². The van der Waals surface area contributed by atoms with E-state index in [1.165, 1.54) is 7.11 Å². The molecule has 0 atom stereocenters. The zero-order valence-electron chi connectivity index (χ0n) is 11.2. The van der Waals surface area contributed by atoms with Crippen molar-refractivity contribution in [2.75, 3.05) is 7.11 Å². The molecule has 0 aliphatic heterocycles. The van der Waals surface area contributed by atoms with Crippen molar-refractivity contribution >= 4 is 0 Å². The molecular formula is C16H15NO3. The third-order valence-electron chi connectivity index (χ3n) is 2.92. The van der Waals surface area contributed by atoms with E-state index in [2.05, 4.69) is 6.07 Å². The van der Waals surface area contributed by atoms with Gasteiger partial charge in [-0.15, -0.1) is 0 Å². The summed E-state index contributed by atoms with van der Waals surface area (Å²) in [6.45, 7) is 0.262. The summed E-state index contributed by atoms with van der Waals surface area (Å²) in [6, 6.07) is 14.7. The summed E-state index contributed by atoms with van der Waals surface area (Å²) in [6.07, 6.45) is 0. The standard InChI is InChI=1S/C16H15NO3/c1-19-15-7-6-12(8-14(15)9-17)11-20-16-5-3-2-4-13(16)10-18/h2-8,18H,10-11H2,1H3. The second kappa shape index (κ2) is 6.60. The Morgan fingerprint density at radius 3 is 2.65 bits per heavy atom. The summed E-state index contributed by atoms with van der Waals surface area (Å²) in [4.78, 5) is 0. The molecule has 2 aromatic rings. The van der Waals surface area contributed by atoms with Crippen LogP contribution in [-0.4, -0.2) is 12.2 Å². The van der Waals surface area contributed by atoms with E-state index in [-0.39, 0.29) is 6.61 Å². The third-order valence-corrected chi connectivity index (χ3v) is 2.92. The zero-order chi connectivity index (χ0) is 14.4. The predicted octanol–water partition coefficient (Wildman–Crippen LogP) is 2.64. The number of benzene rings is 2. The Kier molecular flexibility index (Phi) is 4.59. The Morgan fingerprint density at radius 2 is 1.95 bits per heavy atom. The van der Waals surface area contributed by atoms with Gasteiger partial charge in [-0.3, -0.25) is 0 Å². The highest BCUT2D eigenvalue weighted by Crippen LogP contribution is 2.22. The monoisotopic (exact) mass is 269 g/mol. The Balaban J connectivity index is 2.13. The second-order valence-corrected chi connectivity index (χ2v) is 4.20. The summed E-state index contributed by atoms with van der Waals surface area (Å²) < 4.78 is 10.8. The molecule has 0 aliphatic carbocycles. The van der Waals surface area contributed by atoms with Gasteiger partial charge in [0.25, 0.3) is 0 Å². The summed E-state index contributed by atoms with van der Waals surface area (Å²) in [5.41, 5.74) is 2.08. The molecule has 0 saturated carbocycles. The molecule has 0 aromatic heterocycles. The first kappa shape index (κ1) is 13.9. The van der Waals surface area contributed by atoms with Crippen molar-refractivity contribution in [3.63, 3.8) is 0 Å². The predicted molar refractivity (Wildman–Crippen MR) is 74.4 cm³/mol. The van der Waals surface area contributed by atoms with Crippen LogP contribution >= 0.6 is 0 Å². The molecule has 0 spiro atoms. The lowest BCUT2D eigenvalue weighted by molar-refractivity contribution is 0.259. The Bertz CT molecular complexity index is 632. The van der Waals surface area contributed by atoms with Crippen LogP contribution < -0.4 is 9.47 Å². The molecule has 0 amide bonds. The molecule has 4 nitrogen and oxygen atoms in total. The smallest absolute Gasteiger partial charge is 0.136 e. The van der Waals surface area contributed by atoms with Gasteiger partial charge in [0.15, 0.2) is 0 Å². The minimum absolute atomic E-state index is 0.0672. The number of methoxy groups -OCH3 is 1. The minimum Gasteiger partial charge on any atom is -0.495 e. The number of aliphatic hydroxyl groups excluding tert-OH is 1. The maximum atomic E-state index is 9.23. The van der Waals surface area contributed by atoms with Gasteiger partial charge in [0, 0.05) is 5.56 Å². The van der Waals surface area contributed by atoms with Crippen LogP contribution in [0.1, 0.15) is 16.7 Å². The largest absolute Gasteiger partial charge is 0.495 e. The molecule has 0 unspecified atom stereocenters. The van der Waals surface area contributed by atoms with E-state index in [4.69, 9.17) is 14.7 Å². The lowest BCUT2D eigenvalue weighted by Crippen LogP contribution is -1.99. The third kappa shape index (κ3) is 3.08. The van der Waals surface area contributed by atoms with Crippen molar-refractivity contribution in [2.45, 2.75) is 13.2 Å². The minimum atomic E-state index is -0.0672. The van der Waals surface area contributed by atoms with Crippen molar-refractivity contribution in [1.29, 1.82) is 5.26 Å². The van der Waals surface area contributed by atoms with E-state index in [9.17, 15) is 5.11 Å². The summed E-state index contributed by atoms with van der Waals surface area (Å²) in [5, 5.41) is 18.3. The van der Waals surface area contributed by atoms with Crippen molar-refractivity contribution in [2.24, 2.45) is 0 Å². The molecule has 1 N–H and O–H groups in total. The molecule has 2 aromatic carbocycles. The molecule has 0 fully saturated rings. The Hall–Kier alpha value is -2.51. The number of hydrogen-bond acceptors (Lipinski definition) is 4. The number of aliphatic hydroxyl groups is 1. The van der Waals surface area contributed by atoms with Crippen LogP contribution in [0.3, 0.4) is 0 Å². The fourth-order valence-electron chi connectivity index (χ4n) is 1.87. The first-order chi connectivity index (χ1) is 9.78. The SMILES string of the molecule is COc1ccc(COc2ccccc2CO)cc1C#N. The van der Waals surface area contributed by atoms with Crippen molar-refractivity contribution < 1.29 is 14.6 Å². The number of nitrogens with zero attached hydrogens (tertiary/aromatic N) is 1. The van der Waals surface area contributed by atoms with Crippen LogP contribution in [-0.2, 0) is 13.2 Å². The molecule has 0 heterocycles. The van der Waals surface area contributed by atoms with E-state index in [1.807, 2.05) is 24.3 Å². The molecule has 4 heteroatoms. The molecule has 102 valence electrons. The van der Waals surface area contributed by atoms with Crippen molar-refractivity contribution in [3.8, 4) is 17.6 Å². The highest BCUT2D eigenvalue weighted by Gasteiger charge is 2.06. The second-order valence-electron chi connectivity index (χ2n) is 4.20. The normalized spacial score (nSPS) is 9.85. The molecule has 0 aliphatic rings. The van der Waals surface area contributed by atoms with Crippen LogP contribution in [0.2, 0.25) is 0 Å². The average molecular weight is 269 g/mol. The van der Waals surface area contributed by atoms with Crippen molar-refractivity contribution in [3.05, 3.63) is 59.2 Å². The lowest BCUT2D eigenvalue weighted by atomic mass is 10.1. The van der Waals surface area contributed by atoms with Gasteiger partial charge in [-0.2, -0.15) is 5.26 Å². The van der Waals surface area contributed by atoms with Gasteiger partial charge in [0.2, 0.25) is 0 Å². The summed E-state index contributed by atoms with van der Waals surface area (Å²) in [5.74, 6) is 1.19. The van der Waals surface area contributed by atoms with Crippen LogP contribution in [0.25, 0.3) is 0 Å². The maximum Gasteiger partial charge on any atom is 0.136 e. The molecule has 20 heavy (non-hydrogen) atoms. The summed E-state index contributed by atoms with van der Waals surface area (Å²) in [7, 11) is 1.53. The fourth-order valence-corrected chi connectivity index (χ4v) is 1.87. The number of nitriles is 1. The lowest BCUT2D eigenvalue weighted by Gasteiger charge is -2.11. The summed E-state index contributed by atoms with van der Waals surface area (Å²) >= 11 is 0. The Labute approximate surface area is 117 Å². The first-order valence-corrected chi connectivity index (χ1v) is 6.17. The van der Waals surface area contributed by atoms with E-state index < -0.39 is 0 Å². The van der Waals surface area contributed by atoms with Gasteiger partial charge in [0.1, 0.15) is 24.2 Å². The number of ether oxygens (including phenoxy) is 2. The molecule has 2 rings (SSSR count). The molecule has 0 saturated heterocycles. The first-order valence-electron chi connectivity index (χ1n) is 6.17. The number of para-hydroxylation sites is 1. The van der Waals surface area contributed by atoms with Crippen LogP contribution in [0, 0.1) is 11.3 Å². The number of rotatable bonds is 5. The van der Waals surface area contributed by atoms with Gasteiger partial charge in [-0.1, -0.05) is 24.3 Å². The molecule has 0 radical (unpaired) electrons. The quantitative estimate of drug-likeness (QED) is 0.906. The highest BCUT2D eigenvalue weighted by atomic mass is 16.5. The van der Waals surface area contributed by atoms with Gasteiger partial charge in [-0.25, -0.2) is 0 Å². The fraction of sp³-hybridized carbons (Fsp3) is 0.188. The van der Waals surface area contributed by atoms with Gasteiger partial charge < -0.3 is 14.6 Å². The highest BCUT2D eigenvalue weighted by molar-refractivity contribution is 5.45. The van der Waals surface area contributed by atoms with Crippen LogP contribution in [0.4, 0.5) is 0 Å². The Morgan fingerprint density at radius 1 is 1.15 bits per heavy atom. The number of hydrogen-bond donors (Lipinski definition) is 1. The van der Waals surface area contributed by atoms with E-state index >= 15 is 0 Å². The molecule has 0 bridgehead atoms. The van der Waals surface area contributed by atoms with Crippen LogP contribution in [0.15, 0.2) is 42.5 Å². The zero-order valence-corrected chi connectivity index (χ0v) is 11.2. The topological polar surface area (TPSA) is 62.5 Å². The van der Waals surface area contributed by atoms with Gasteiger partial charge >= 0.3 is 0 Å². The van der Waals surface area contributed by atoms with Gasteiger partial charge in [0.05, 0.1) is 19.3 Å². The molecular weight excluding hydrogens is 254 g/mol. The van der Waals surface area contributed by atoms with E-state index in [1.54, 1.807) is 18.2 Å². The van der Waals surface area contributed by atoms with Gasteiger partial charge in [-0.05, 0) is 23.8 Å². The maximum absolute atomic E-state index is 9.23.